The van der Waals surface area contributed by atoms with E-state index in [0.29, 0.717) is 5.92 Å². The van der Waals surface area contributed by atoms with E-state index in [1.54, 1.807) is 23.1 Å². The van der Waals surface area contributed by atoms with Crippen LogP contribution in [0, 0.1) is 5.92 Å². The first-order valence-corrected chi connectivity index (χ1v) is 12.6. The summed E-state index contributed by atoms with van der Waals surface area (Å²) < 4.78 is 6.70. The smallest absolute Gasteiger partial charge is 0.233 e. The van der Waals surface area contributed by atoms with E-state index in [2.05, 4.69) is 35.0 Å². The van der Waals surface area contributed by atoms with Crippen LogP contribution in [0.1, 0.15) is 51.0 Å². The minimum absolute atomic E-state index is 0.00388. The lowest BCUT2D eigenvalue weighted by atomic mass is 9.86. The average molecular weight is 432 g/mol. The van der Waals surface area contributed by atoms with Crippen LogP contribution in [0.4, 0.5) is 0 Å². The first-order valence-electron chi connectivity index (χ1n) is 10.6. The molecular weight excluding hydrogens is 402 g/mol. The Hall–Kier alpha value is -1.37. The summed E-state index contributed by atoms with van der Waals surface area (Å²) in [5.74, 6) is 1.41. The highest BCUT2D eigenvalue weighted by atomic mass is 32.2. The van der Waals surface area contributed by atoms with Crippen LogP contribution in [0.25, 0.3) is 10.1 Å². The lowest BCUT2D eigenvalue weighted by Crippen LogP contribution is -2.47. The molecule has 1 aliphatic heterocycles. The summed E-state index contributed by atoms with van der Waals surface area (Å²) in [5.41, 5.74) is 1.30. The molecule has 3 unspecified atom stereocenters. The third-order valence-corrected chi connectivity index (χ3v) is 8.47. The molecule has 3 atom stereocenters. The summed E-state index contributed by atoms with van der Waals surface area (Å²) in [6, 6.07) is 7.94. The van der Waals surface area contributed by atoms with Crippen LogP contribution in [0.3, 0.4) is 0 Å². The van der Waals surface area contributed by atoms with Crippen LogP contribution >= 0.6 is 23.1 Å². The van der Waals surface area contributed by atoms with Crippen molar-refractivity contribution in [1.82, 2.24) is 5.32 Å². The van der Waals surface area contributed by atoms with Gasteiger partial charge in [0.15, 0.2) is 5.78 Å². The van der Waals surface area contributed by atoms with E-state index in [-0.39, 0.29) is 29.7 Å². The quantitative estimate of drug-likeness (QED) is 0.674. The second kappa shape index (κ2) is 9.63. The van der Waals surface area contributed by atoms with E-state index in [9.17, 15) is 9.59 Å². The zero-order valence-corrected chi connectivity index (χ0v) is 18.5. The Bertz CT molecular complexity index is 859. The molecule has 1 aromatic heterocycles. The zero-order chi connectivity index (χ0) is 20.2. The lowest BCUT2D eigenvalue weighted by Gasteiger charge is -2.27. The Morgan fingerprint density at radius 3 is 2.83 bits per heavy atom. The standard InChI is InChI=1S/C23H29NO3S2/c1-15-22(19(25)12-27-15)24-23(26)21(11-16-7-3-2-4-8-16)29-14-17-13-28-20-10-6-5-9-18(17)20/h5-6,9-10,13,15-16,21-22H,2-4,7-8,11-12,14H2,1H3,(H,24,26). The van der Waals surface area contributed by atoms with Crippen molar-refractivity contribution in [2.75, 3.05) is 6.61 Å². The number of carbonyl (C=O) groups is 2. The number of benzene rings is 1. The number of fused-ring (bicyclic) bond motifs is 1. The highest BCUT2D eigenvalue weighted by Gasteiger charge is 2.36. The minimum atomic E-state index is -0.501. The minimum Gasteiger partial charge on any atom is -0.368 e. The van der Waals surface area contributed by atoms with Gasteiger partial charge in [-0.2, -0.15) is 0 Å². The van der Waals surface area contributed by atoms with Crippen LogP contribution in [0.2, 0.25) is 0 Å². The summed E-state index contributed by atoms with van der Waals surface area (Å²) in [6.45, 7) is 1.96. The summed E-state index contributed by atoms with van der Waals surface area (Å²) in [6.07, 6.45) is 6.94. The topological polar surface area (TPSA) is 55.4 Å². The molecule has 1 aromatic carbocycles. The van der Waals surface area contributed by atoms with Gasteiger partial charge in [-0.3, -0.25) is 9.59 Å². The summed E-state index contributed by atoms with van der Waals surface area (Å²) in [5, 5.41) is 6.38. The van der Waals surface area contributed by atoms with Crippen LogP contribution in [0.5, 0.6) is 0 Å². The number of ether oxygens (including phenoxy) is 1. The van der Waals surface area contributed by atoms with Crippen LogP contribution in [-0.4, -0.2) is 35.7 Å². The van der Waals surface area contributed by atoms with Gasteiger partial charge in [0.25, 0.3) is 0 Å². The van der Waals surface area contributed by atoms with Crippen molar-refractivity contribution in [2.45, 2.75) is 68.6 Å². The second-order valence-electron chi connectivity index (χ2n) is 8.27. The molecule has 1 aliphatic carbocycles. The number of hydrogen-bond donors (Lipinski definition) is 1. The fraction of sp³-hybridized carbons (Fsp3) is 0.565. The molecule has 1 N–H and O–H groups in total. The molecule has 0 spiro atoms. The first-order chi connectivity index (χ1) is 14.1. The Morgan fingerprint density at radius 1 is 1.28 bits per heavy atom. The molecule has 156 valence electrons. The molecule has 29 heavy (non-hydrogen) atoms. The van der Waals surface area contributed by atoms with Gasteiger partial charge in [-0.1, -0.05) is 50.3 Å². The predicted molar refractivity (Wildman–Crippen MR) is 120 cm³/mol. The molecule has 4 nitrogen and oxygen atoms in total. The van der Waals surface area contributed by atoms with Crippen LogP contribution in [-0.2, 0) is 20.1 Å². The zero-order valence-electron chi connectivity index (χ0n) is 16.9. The third-order valence-electron chi connectivity index (χ3n) is 6.17. The molecular formula is C23H29NO3S2. The number of carbonyl (C=O) groups excluding carboxylic acids is 2. The van der Waals surface area contributed by atoms with Crippen molar-refractivity contribution in [3.8, 4) is 0 Å². The largest absolute Gasteiger partial charge is 0.368 e. The molecule has 1 saturated carbocycles. The van der Waals surface area contributed by atoms with E-state index < -0.39 is 6.04 Å². The molecule has 2 heterocycles. The van der Waals surface area contributed by atoms with Gasteiger partial charge in [0.05, 0.1) is 11.4 Å². The van der Waals surface area contributed by atoms with E-state index in [0.717, 1.165) is 12.2 Å². The highest BCUT2D eigenvalue weighted by Crippen LogP contribution is 2.34. The number of rotatable bonds is 7. The van der Waals surface area contributed by atoms with Crippen molar-refractivity contribution in [3.05, 3.63) is 35.2 Å². The number of thioether (sulfide) groups is 1. The monoisotopic (exact) mass is 431 g/mol. The van der Waals surface area contributed by atoms with Gasteiger partial charge in [0.2, 0.25) is 5.91 Å². The van der Waals surface area contributed by atoms with Gasteiger partial charge >= 0.3 is 0 Å². The Labute approximate surface area is 180 Å². The van der Waals surface area contributed by atoms with E-state index in [1.165, 1.54) is 47.8 Å². The molecule has 0 radical (unpaired) electrons. The number of Topliss-reactive ketones (excluding diaryl/α,β-unsaturated/α-hetero) is 1. The number of ketones is 1. The molecule has 1 amide bonds. The van der Waals surface area contributed by atoms with Crippen LogP contribution < -0.4 is 5.32 Å². The normalized spacial score (nSPS) is 24.1. The number of thiophene rings is 1. The second-order valence-corrected chi connectivity index (χ2v) is 10.4. The van der Waals surface area contributed by atoms with Gasteiger partial charge in [0.1, 0.15) is 12.6 Å². The Balaban J connectivity index is 1.45. The van der Waals surface area contributed by atoms with Gasteiger partial charge in [0, 0.05) is 10.5 Å². The van der Waals surface area contributed by atoms with Gasteiger partial charge in [-0.05, 0) is 41.7 Å². The van der Waals surface area contributed by atoms with Crippen molar-refractivity contribution in [1.29, 1.82) is 0 Å². The fourth-order valence-electron chi connectivity index (χ4n) is 4.42. The van der Waals surface area contributed by atoms with Gasteiger partial charge in [-0.15, -0.1) is 23.1 Å². The SMILES string of the molecule is CC1OCC(=O)C1NC(=O)C(CC1CCCCC1)SCc1csc2ccccc12. The predicted octanol–water partition coefficient (Wildman–Crippen LogP) is 4.95. The van der Waals surface area contributed by atoms with Gasteiger partial charge in [-0.25, -0.2) is 0 Å². The Morgan fingerprint density at radius 2 is 2.07 bits per heavy atom. The van der Waals surface area contributed by atoms with E-state index in [1.807, 2.05) is 6.92 Å². The summed E-state index contributed by atoms with van der Waals surface area (Å²) >= 11 is 3.49. The molecule has 6 heteroatoms. The molecule has 1 saturated heterocycles. The maximum atomic E-state index is 13.2. The summed E-state index contributed by atoms with van der Waals surface area (Å²) in [4.78, 5) is 25.2. The molecule has 2 aliphatic rings. The third kappa shape index (κ3) is 5.04. The number of nitrogens with one attached hydrogen (secondary N) is 1. The number of hydrogen-bond acceptors (Lipinski definition) is 5. The van der Waals surface area contributed by atoms with Crippen molar-refractivity contribution >= 4 is 44.9 Å². The van der Waals surface area contributed by atoms with Crippen LogP contribution in [0.15, 0.2) is 29.6 Å². The maximum absolute atomic E-state index is 13.2. The van der Waals surface area contributed by atoms with Crippen molar-refractivity contribution in [3.63, 3.8) is 0 Å². The van der Waals surface area contributed by atoms with Crippen molar-refractivity contribution < 1.29 is 14.3 Å². The van der Waals surface area contributed by atoms with Crippen molar-refractivity contribution in [2.24, 2.45) is 5.92 Å². The molecule has 2 aromatic rings. The Kier molecular flexibility index (Phi) is 6.93. The van der Waals surface area contributed by atoms with Gasteiger partial charge < -0.3 is 10.1 Å². The molecule has 4 rings (SSSR count). The summed E-state index contributed by atoms with van der Waals surface area (Å²) in [7, 11) is 0. The average Bonchev–Trinajstić information content (AvgIpc) is 3.30. The highest BCUT2D eigenvalue weighted by molar-refractivity contribution is 7.99. The maximum Gasteiger partial charge on any atom is 0.233 e. The van der Waals surface area contributed by atoms with E-state index in [4.69, 9.17) is 4.74 Å². The number of amides is 1. The first kappa shape index (κ1) is 20.9. The molecule has 0 bridgehead atoms. The fourth-order valence-corrected chi connectivity index (χ4v) is 6.73. The van der Waals surface area contributed by atoms with E-state index >= 15 is 0 Å². The molecule has 2 fully saturated rings. The lowest BCUT2D eigenvalue weighted by molar-refractivity contribution is -0.126.